The predicted octanol–water partition coefficient (Wildman–Crippen LogP) is 4.04. The summed E-state index contributed by atoms with van der Waals surface area (Å²) in [5, 5.41) is 0.532. The Morgan fingerprint density at radius 1 is 1.16 bits per heavy atom. The maximum absolute atomic E-state index is 13.7. The summed E-state index contributed by atoms with van der Waals surface area (Å²) >= 11 is 12.2. The van der Waals surface area contributed by atoms with Crippen molar-refractivity contribution < 1.29 is 22.2 Å². The molecule has 2 heterocycles. The summed E-state index contributed by atoms with van der Waals surface area (Å²) in [6, 6.07) is 10.5. The number of urea groups is 1. The number of anilines is 1. The van der Waals surface area contributed by atoms with Crippen LogP contribution < -0.4 is 4.90 Å². The van der Waals surface area contributed by atoms with Gasteiger partial charge in [-0.05, 0) is 23.8 Å². The molecule has 0 unspecified atom stereocenters. The topological polar surface area (TPSA) is 88.3 Å². The molecule has 11 heteroatoms. The Morgan fingerprint density at radius 2 is 1.78 bits per heavy atom. The van der Waals surface area contributed by atoms with Crippen LogP contribution in [0.5, 0.6) is 0 Å². The Morgan fingerprint density at radius 3 is 2.34 bits per heavy atom. The minimum atomic E-state index is -3.79. The predicted molar refractivity (Wildman–Crippen MR) is 120 cm³/mol. The number of fused-ring (bicyclic) bond motifs is 1. The van der Waals surface area contributed by atoms with Gasteiger partial charge in [0.2, 0.25) is 0 Å². The Balaban J connectivity index is 1.76. The third kappa shape index (κ3) is 4.07. The molecule has 2 aromatic carbocycles. The van der Waals surface area contributed by atoms with Crippen LogP contribution in [-0.4, -0.2) is 49.7 Å². The third-order valence-electron chi connectivity index (χ3n) is 5.47. The lowest BCUT2D eigenvalue weighted by Gasteiger charge is -2.28. The second-order valence-corrected chi connectivity index (χ2v) is 10.2. The van der Waals surface area contributed by atoms with Crippen LogP contribution in [0.3, 0.4) is 0 Å². The van der Waals surface area contributed by atoms with Gasteiger partial charge in [0, 0.05) is 22.9 Å². The lowest BCUT2D eigenvalue weighted by Crippen LogP contribution is -2.47. The van der Waals surface area contributed by atoms with Gasteiger partial charge >= 0.3 is 6.03 Å². The second kappa shape index (κ2) is 8.05. The fraction of sp³-hybridized carbons (Fsp3) is 0.286. The van der Waals surface area contributed by atoms with E-state index >= 15 is 0 Å². The zero-order valence-corrected chi connectivity index (χ0v) is 19.1. The highest BCUT2D eigenvalue weighted by molar-refractivity contribution is 7.86. The van der Waals surface area contributed by atoms with Gasteiger partial charge in [-0.1, -0.05) is 47.5 Å². The van der Waals surface area contributed by atoms with Gasteiger partial charge in [-0.15, -0.1) is 0 Å². The van der Waals surface area contributed by atoms with E-state index in [4.69, 9.17) is 34.0 Å². The lowest BCUT2D eigenvalue weighted by atomic mass is 9.87. The highest BCUT2D eigenvalue weighted by Gasteiger charge is 2.63. The standard InChI is InChI=1S/C21H17Cl2N3O5S/c1-24-16-5-3-13(4-6-16)10-21-11-18(31-32(2,29)30)12-25(21)20(28)26(19(21)27)17-8-14(22)7-15(23)9-17/h3-9,18H,10-12H2,2H3/t18-,21+/m1/s1. The van der Waals surface area contributed by atoms with Crippen LogP contribution in [-0.2, 0) is 25.5 Å². The Labute approximate surface area is 195 Å². The van der Waals surface area contributed by atoms with Gasteiger partial charge < -0.3 is 4.90 Å². The number of halogens is 2. The first kappa shape index (κ1) is 22.6. The fourth-order valence-corrected chi connectivity index (χ4v) is 5.42. The first-order valence-corrected chi connectivity index (χ1v) is 12.1. The minimum absolute atomic E-state index is 0.0000120. The van der Waals surface area contributed by atoms with Gasteiger partial charge in [-0.3, -0.25) is 8.98 Å². The number of benzene rings is 2. The van der Waals surface area contributed by atoms with Crippen molar-refractivity contribution in [3.63, 3.8) is 0 Å². The van der Waals surface area contributed by atoms with E-state index in [1.807, 2.05) is 0 Å². The van der Waals surface area contributed by atoms with Crippen molar-refractivity contribution in [2.75, 3.05) is 17.7 Å². The molecule has 8 nitrogen and oxygen atoms in total. The number of nitrogens with zero attached hydrogens (tertiary/aromatic N) is 3. The molecule has 0 radical (unpaired) electrons. The average molecular weight is 494 g/mol. The molecule has 0 bridgehead atoms. The summed E-state index contributed by atoms with van der Waals surface area (Å²) in [4.78, 5) is 32.8. The smallest absolute Gasteiger partial charge is 0.306 e. The average Bonchev–Trinajstić information content (AvgIpc) is 3.13. The number of hydrogen-bond donors (Lipinski definition) is 0. The maximum atomic E-state index is 13.7. The van der Waals surface area contributed by atoms with Crippen molar-refractivity contribution in [3.8, 4) is 0 Å². The number of carbonyl (C=O) groups excluding carboxylic acids is 2. The molecule has 2 atom stereocenters. The normalized spacial score (nSPS) is 22.9. The zero-order valence-electron chi connectivity index (χ0n) is 16.8. The molecule has 0 saturated carbocycles. The Kier molecular flexibility index (Phi) is 5.67. The van der Waals surface area contributed by atoms with Crippen molar-refractivity contribution >= 4 is 56.6 Å². The SMILES string of the molecule is [C-]#[N+]c1ccc(C[C@@]23C[C@@H](OS(C)(=O)=O)CN2C(=O)N(c2cc(Cl)cc(Cl)c2)C3=O)cc1. The van der Waals surface area contributed by atoms with Gasteiger partial charge in [-0.25, -0.2) is 14.5 Å². The summed E-state index contributed by atoms with van der Waals surface area (Å²) in [5.41, 5.74) is 0.0440. The molecule has 2 aliphatic rings. The molecule has 2 aromatic rings. The first-order chi connectivity index (χ1) is 15.0. The molecule has 4 rings (SSSR count). The Hall–Kier alpha value is -2.64. The van der Waals surface area contributed by atoms with Crippen molar-refractivity contribution in [2.45, 2.75) is 24.5 Å². The molecule has 0 aliphatic carbocycles. The first-order valence-electron chi connectivity index (χ1n) is 9.49. The van der Waals surface area contributed by atoms with E-state index in [0.717, 1.165) is 16.7 Å². The molecule has 32 heavy (non-hydrogen) atoms. The molecule has 2 saturated heterocycles. The summed E-state index contributed by atoms with van der Waals surface area (Å²) in [6.45, 7) is 7.03. The largest absolute Gasteiger partial charge is 0.332 e. The van der Waals surface area contributed by atoms with E-state index in [1.165, 1.54) is 23.1 Å². The van der Waals surface area contributed by atoms with E-state index in [-0.39, 0.29) is 35.1 Å². The number of rotatable bonds is 5. The van der Waals surface area contributed by atoms with Crippen LogP contribution in [0.2, 0.25) is 10.0 Å². The minimum Gasteiger partial charge on any atom is -0.306 e. The molecule has 2 fully saturated rings. The fourth-order valence-electron chi connectivity index (χ4n) is 4.29. The van der Waals surface area contributed by atoms with Gasteiger partial charge in [0.15, 0.2) is 5.69 Å². The van der Waals surface area contributed by atoms with E-state index in [1.54, 1.807) is 24.3 Å². The van der Waals surface area contributed by atoms with Gasteiger partial charge in [0.25, 0.3) is 16.0 Å². The van der Waals surface area contributed by atoms with Crippen molar-refractivity contribution in [1.29, 1.82) is 0 Å². The number of carbonyl (C=O) groups is 2. The summed E-state index contributed by atoms with van der Waals surface area (Å²) in [5.74, 6) is -0.519. The highest BCUT2D eigenvalue weighted by atomic mass is 35.5. The van der Waals surface area contributed by atoms with Gasteiger partial charge in [-0.2, -0.15) is 8.42 Å². The quantitative estimate of drug-likeness (QED) is 0.356. The third-order valence-corrected chi connectivity index (χ3v) is 6.53. The molecule has 0 aromatic heterocycles. The van der Waals surface area contributed by atoms with Crippen LogP contribution in [0.15, 0.2) is 42.5 Å². The summed E-state index contributed by atoms with van der Waals surface area (Å²) in [7, 11) is -3.79. The molecular weight excluding hydrogens is 477 g/mol. The van der Waals surface area contributed by atoms with Crippen LogP contribution in [0.25, 0.3) is 4.85 Å². The molecule has 0 N–H and O–H groups in total. The van der Waals surface area contributed by atoms with Crippen molar-refractivity contribution in [1.82, 2.24) is 4.90 Å². The van der Waals surface area contributed by atoms with E-state index in [0.29, 0.717) is 5.69 Å². The highest BCUT2D eigenvalue weighted by Crippen LogP contribution is 2.44. The van der Waals surface area contributed by atoms with Crippen LogP contribution in [0.1, 0.15) is 12.0 Å². The lowest BCUT2D eigenvalue weighted by molar-refractivity contribution is -0.124. The van der Waals surface area contributed by atoms with Crippen molar-refractivity contribution in [3.05, 3.63) is 69.5 Å². The molecule has 0 spiro atoms. The second-order valence-electron chi connectivity index (χ2n) is 7.77. The van der Waals surface area contributed by atoms with Crippen molar-refractivity contribution in [2.24, 2.45) is 0 Å². The molecular formula is C21H17Cl2N3O5S. The zero-order chi connectivity index (χ0) is 23.3. The van der Waals surface area contributed by atoms with Gasteiger partial charge in [0.05, 0.1) is 31.2 Å². The molecule has 2 aliphatic heterocycles. The van der Waals surface area contributed by atoms with Crippen LogP contribution in [0, 0.1) is 6.57 Å². The molecule has 166 valence electrons. The van der Waals surface area contributed by atoms with E-state index in [2.05, 4.69) is 4.85 Å². The summed E-state index contributed by atoms with van der Waals surface area (Å²) in [6.07, 6.45) is 0.200. The number of imide groups is 1. The van der Waals surface area contributed by atoms with E-state index in [9.17, 15) is 18.0 Å². The van der Waals surface area contributed by atoms with Gasteiger partial charge in [0.1, 0.15) is 5.54 Å². The maximum Gasteiger partial charge on any atom is 0.332 e. The van der Waals surface area contributed by atoms with E-state index < -0.39 is 33.7 Å². The summed E-state index contributed by atoms with van der Waals surface area (Å²) < 4.78 is 28.5. The number of amides is 3. The monoisotopic (exact) mass is 493 g/mol. The van der Waals surface area contributed by atoms with Crippen LogP contribution >= 0.6 is 23.2 Å². The molecule has 3 amide bonds. The Bertz CT molecular complexity index is 1240. The van der Waals surface area contributed by atoms with Crippen LogP contribution in [0.4, 0.5) is 16.2 Å². The number of hydrogen-bond acceptors (Lipinski definition) is 5.